The molecule has 3 atom stereocenters. The van der Waals surface area contributed by atoms with E-state index >= 15 is 0 Å². The second kappa shape index (κ2) is 6.06. The van der Waals surface area contributed by atoms with Gasteiger partial charge in [0.2, 0.25) is 0 Å². The predicted octanol–water partition coefficient (Wildman–Crippen LogP) is 3.50. The Morgan fingerprint density at radius 3 is 2.29 bits per heavy atom. The average molecular weight is 321 g/mol. The fourth-order valence-electron chi connectivity index (χ4n) is 4.27. The second-order valence-corrected chi connectivity index (χ2v) is 7.31. The summed E-state index contributed by atoms with van der Waals surface area (Å²) in [6, 6.07) is 16.3. The van der Waals surface area contributed by atoms with Crippen molar-refractivity contribution in [3.05, 3.63) is 59.7 Å². The lowest BCUT2D eigenvalue weighted by atomic mass is 10.0. The molecule has 2 aromatic carbocycles. The smallest absolute Gasteiger partial charge is 0.253 e. The van der Waals surface area contributed by atoms with Crippen molar-refractivity contribution in [2.24, 2.45) is 11.8 Å². The zero-order valence-electron chi connectivity index (χ0n) is 14.0. The molecule has 24 heavy (non-hydrogen) atoms. The molecule has 1 aliphatic heterocycles. The highest BCUT2D eigenvalue weighted by Gasteiger charge is 2.41. The van der Waals surface area contributed by atoms with Gasteiger partial charge in [-0.05, 0) is 54.9 Å². The van der Waals surface area contributed by atoms with Crippen LogP contribution in [0.15, 0.2) is 48.5 Å². The molecule has 3 heteroatoms. The first kappa shape index (κ1) is 15.4. The average Bonchev–Trinajstić information content (AvgIpc) is 3.11. The van der Waals surface area contributed by atoms with E-state index in [0.29, 0.717) is 11.8 Å². The van der Waals surface area contributed by atoms with E-state index in [1.807, 2.05) is 29.2 Å². The van der Waals surface area contributed by atoms with Gasteiger partial charge in [-0.1, -0.05) is 42.0 Å². The monoisotopic (exact) mass is 321 g/mol. The number of carbonyl (C=O) groups is 1. The predicted molar refractivity (Wildman–Crippen MR) is 94.7 cm³/mol. The number of hydrogen-bond acceptors (Lipinski definition) is 2. The molecule has 1 amide bonds. The minimum Gasteiger partial charge on any atom is -0.393 e. The normalized spacial score (nSPS) is 25.8. The molecule has 1 aliphatic carbocycles. The zero-order valence-corrected chi connectivity index (χ0v) is 14.0. The van der Waals surface area contributed by atoms with E-state index in [4.69, 9.17) is 0 Å². The molecule has 2 aromatic rings. The van der Waals surface area contributed by atoms with E-state index < -0.39 is 0 Å². The highest BCUT2D eigenvalue weighted by atomic mass is 16.3. The van der Waals surface area contributed by atoms with Gasteiger partial charge < -0.3 is 10.0 Å². The number of aryl methyl sites for hydroxylation is 1. The molecular formula is C21H23NO2. The summed E-state index contributed by atoms with van der Waals surface area (Å²) in [6.07, 6.45) is 1.53. The lowest BCUT2D eigenvalue weighted by molar-refractivity contribution is 0.0765. The SMILES string of the molecule is Cc1cccc(-c2cccc(C(=O)N3C[C@H]4CC(O)C[C@H]4C3)c2)c1. The molecule has 1 heterocycles. The molecule has 1 saturated carbocycles. The van der Waals surface area contributed by atoms with Gasteiger partial charge in [-0.25, -0.2) is 0 Å². The van der Waals surface area contributed by atoms with Crippen LogP contribution in [0.2, 0.25) is 0 Å². The van der Waals surface area contributed by atoms with Crippen LogP contribution in [0.1, 0.15) is 28.8 Å². The molecule has 4 rings (SSSR count). The number of amides is 1. The summed E-state index contributed by atoms with van der Waals surface area (Å²) >= 11 is 0. The zero-order chi connectivity index (χ0) is 16.7. The maximum Gasteiger partial charge on any atom is 0.253 e. The van der Waals surface area contributed by atoms with E-state index in [0.717, 1.165) is 42.6 Å². The Hall–Kier alpha value is -2.13. The Balaban J connectivity index is 1.55. The molecular weight excluding hydrogens is 298 g/mol. The largest absolute Gasteiger partial charge is 0.393 e. The number of aliphatic hydroxyl groups excluding tert-OH is 1. The third-order valence-corrected chi connectivity index (χ3v) is 5.47. The van der Waals surface area contributed by atoms with Crippen molar-refractivity contribution < 1.29 is 9.90 Å². The van der Waals surface area contributed by atoms with Crippen LogP contribution in [0.5, 0.6) is 0 Å². The molecule has 1 N–H and O–H groups in total. The van der Waals surface area contributed by atoms with Crippen LogP contribution in [-0.4, -0.2) is 35.1 Å². The molecule has 1 saturated heterocycles. The highest BCUT2D eigenvalue weighted by Crippen LogP contribution is 2.38. The van der Waals surface area contributed by atoms with Crippen LogP contribution < -0.4 is 0 Å². The quantitative estimate of drug-likeness (QED) is 0.919. The van der Waals surface area contributed by atoms with Crippen LogP contribution >= 0.6 is 0 Å². The summed E-state index contributed by atoms with van der Waals surface area (Å²) in [5.41, 5.74) is 4.20. The number of benzene rings is 2. The van der Waals surface area contributed by atoms with Gasteiger partial charge in [-0.15, -0.1) is 0 Å². The summed E-state index contributed by atoms with van der Waals surface area (Å²) in [5.74, 6) is 1.07. The number of nitrogens with zero attached hydrogens (tertiary/aromatic N) is 1. The number of hydrogen-bond donors (Lipinski definition) is 1. The topological polar surface area (TPSA) is 40.5 Å². The van der Waals surface area contributed by atoms with Gasteiger partial charge in [0, 0.05) is 18.7 Å². The van der Waals surface area contributed by atoms with E-state index in [9.17, 15) is 9.90 Å². The fraction of sp³-hybridized carbons (Fsp3) is 0.381. The van der Waals surface area contributed by atoms with Crippen molar-refractivity contribution in [2.75, 3.05) is 13.1 Å². The summed E-state index contributed by atoms with van der Waals surface area (Å²) in [7, 11) is 0. The maximum absolute atomic E-state index is 12.9. The number of likely N-dealkylation sites (tertiary alicyclic amines) is 1. The van der Waals surface area contributed by atoms with Crippen molar-refractivity contribution in [3.8, 4) is 11.1 Å². The number of rotatable bonds is 2. The summed E-state index contributed by atoms with van der Waals surface area (Å²) in [5, 5.41) is 9.76. The molecule has 0 spiro atoms. The van der Waals surface area contributed by atoms with E-state index in [2.05, 4.69) is 31.2 Å². The third kappa shape index (κ3) is 2.84. The Morgan fingerprint density at radius 1 is 1.00 bits per heavy atom. The molecule has 2 aliphatic rings. The van der Waals surface area contributed by atoms with Crippen molar-refractivity contribution >= 4 is 5.91 Å². The minimum absolute atomic E-state index is 0.119. The molecule has 1 unspecified atom stereocenters. The van der Waals surface area contributed by atoms with Crippen molar-refractivity contribution in [1.29, 1.82) is 0 Å². The first-order valence-corrected chi connectivity index (χ1v) is 8.74. The van der Waals surface area contributed by atoms with Gasteiger partial charge in [-0.3, -0.25) is 4.79 Å². The van der Waals surface area contributed by atoms with E-state index in [-0.39, 0.29) is 12.0 Å². The minimum atomic E-state index is -0.165. The summed E-state index contributed by atoms with van der Waals surface area (Å²) < 4.78 is 0. The van der Waals surface area contributed by atoms with Crippen LogP contribution in [0, 0.1) is 18.8 Å². The summed E-state index contributed by atoms with van der Waals surface area (Å²) in [6.45, 7) is 3.65. The van der Waals surface area contributed by atoms with Crippen molar-refractivity contribution in [3.63, 3.8) is 0 Å². The first-order valence-electron chi connectivity index (χ1n) is 8.74. The van der Waals surface area contributed by atoms with Crippen LogP contribution in [0.25, 0.3) is 11.1 Å². The Labute approximate surface area is 142 Å². The molecule has 0 bridgehead atoms. The highest BCUT2D eigenvalue weighted by molar-refractivity contribution is 5.95. The van der Waals surface area contributed by atoms with Gasteiger partial charge in [0.25, 0.3) is 5.91 Å². The van der Waals surface area contributed by atoms with Crippen LogP contribution in [0.3, 0.4) is 0 Å². The maximum atomic E-state index is 12.9. The third-order valence-electron chi connectivity index (χ3n) is 5.47. The van der Waals surface area contributed by atoms with Crippen molar-refractivity contribution in [1.82, 2.24) is 4.90 Å². The second-order valence-electron chi connectivity index (χ2n) is 7.31. The molecule has 0 aromatic heterocycles. The fourth-order valence-corrected chi connectivity index (χ4v) is 4.27. The molecule has 0 radical (unpaired) electrons. The lowest BCUT2D eigenvalue weighted by Gasteiger charge is -2.18. The van der Waals surface area contributed by atoms with Gasteiger partial charge in [-0.2, -0.15) is 0 Å². The molecule has 124 valence electrons. The van der Waals surface area contributed by atoms with E-state index in [1.54, 1.807) is 0 Å². The lowest BCUT2D eigenvalue weighted by Crippen LogP contribution is -2.30. The number of fused-ring (bicyclic) bond motifs is 1. The molecule has 2 fully saturated rings. The number of carbonyl (C=O) groups excluding carboxylic acids is 1. The Bertz CT molecular complexity index is 756. The Morgan fingerprint density at radius 2 is 1.62 bits per heavy atom. The van der Waals surface area contributed by atoms with Gasteiger partial charge >= 0.3 is 0 Å². The Kier molecular flexibility index (Phi) is 3.89. The standard InChI is InChI=1S/C21H23NO2/c1-14-4-2-5-15(8-14)16-6-3-7-17(9-16)21(24)22-12-18-10-20(23)11-19(18)13-22/h2-9,18-20,23H,10-13H2,1H3/t18-,19+,20?. The molecule has 3 nitrogen and oxygen atoms in total. The van der Waals surface area contributed by atoms with E-state index in [1.165, 1.54) is 5.56 Å². The number of aliphatic hydroxyl groups is 1. The van der Waals surface area contributed by atoms with Gasteiger partial charge in [0.1, 0.15) is 0 Å². The van der Waals surface area contributed by atoms with Crippen LogP contribution in [-0.2, 0) is 0 Å². The summed E-state index contributed by atoms with van der Waals surface area (Å²) in [4.78, 5) is 14.8. The van der Waals surface area contributed by atoms with Gasteiger partial charge in [0.15, 0.2) is 0 Å². The van der Waals surface area contributed by atoms with Gasteiger partial charge in [0.05, 0.1) is 6.10 Å². The van der Waals surface area contributed by atoms with Crippen molar-refractivity contribution in [2.45, 2.75) is 25.9 Å². The first-order chi connectivity index (χ1) is 11.6. The van der Waals surface area contributed by atoms with Crippen LogP contribution in [0.4, 0.5) is 0 Å².